The van der Waals surface area contributed by atoms with Gasteiger partial charge in [-0.15, -0.1) is 0 Å². The molecule has 2 aliphatic heterocycles. The van der Waals surface area contributed by atoms with E-state index in [0.29, 0.717) is 5.41 Å². The van der Waals surface area contributed by atoms with Crippen molar-refractivity contribution in [2.45, 2.75) is 59.0 Å². The van der Waals surface area contributed by atoms with Gasteiger partial charge in [0.1, 0.15) is 17.5 Å². The van der Waals surface area contributed by atoms with Crippen LogP contribution in [0, 0.1) is 5.41 Å². The average Bonchev–Trinajstić information content (AvgIpc) is 2.75. The topological polar surface area (TPSA) is 86.0 Å². The van der Waals surface area contributed by atoms with Crippen molar-refractivity contribution >= 4 is 22.8 Å². The highest BCUT2D eigenvalue weighted by Gasteiger charge is 2.63. The minimum atomic E-state index is 0.225. The van der Waals surface area contributed by atoms with Crippen LogP contribution in [0.3, 0.4) is 0 Å². The summed E-state index contributed by atoms with van der Waals surface area (Å²) < 4.78 is 6.68. The minimum absolute atomic E-state index is 0.225. The normalized spacial score (nSPS) is 18.3. The Kier molecular flexibility index (Phi) is 6.18. The van der Waals surface area contributed by atoms with E-state index in [9.17, 15) is 0 Å². The lowest BCUT2D eigenvalue weighted by atomic mass is 9.71. The van der Waals surface area contributed by atoms with Gasteiger partial charge >= 0.3 is 0 Å². The number of hydrogen-bond acceptors (Lipinski definition) is 6. The molecule has 7 nitrogen and oxygen atoms in total. The Morgan fingerprint density at radius 1 is 1.00 bits per heavy atom. The molecule has 0 atom stereocenters. The first-order valence-electron chi connectivity index (χ1n) is 12.9. The van der Waals surface area contributed by atoms with Gasteiger partial charge in [0, 0.05) is 24.2 Å². The number of hydrogen-bond donors (Lipinski definition) is 2. The third-order valence-electron chi connectivity index (χ3n) is 7.85. The van der Waals surface area contributed by atoms with E-state index in [1.165, 1.54) is 24.2 Å². The van der Waals surface area contributed by atoms with Crippen LogP contribution in [0.5, 0.6) is 0 Å². The predicted octanol–water partition coefficient (Wildman–Crippen LogP) is 4.56. The van der Waals surface area contributed by atoms with Gasteiger partial charge in [0.05, 0.1) is 37.4 Å². The van der Waals surface area contributed by atoms with Gasteiger partial charge in [-0.1, -0.05) is 37.6 Å². The summed E-state index contributed by atoms with van der Waals surface area (Å²) in [6.45, 7) is 15.5. The number of aromatic nitrogens is 3. The van der Waals surface area contributed by atoms with Crippen molar-refractivity contribution in [1.29, 1.82) is 0 Å². The van der Waals surface area contributed by atoms with Crippen molar-refractivity contribution in [3.63, 3.8) is 0 Å². The van der Waals surface area contributed by atoms with Crippen molar-refractivity contribution in [1.82, 2.24) is 15.0 Å². The van der Waals surface area contributed by atoms with E-state index in [0.717, 1.165) is 72.6 Å². The van der Waals surface area contributed by atoms with E-state index in [4.69, 9.17) is 15.5 Å². The summed E-state index contributed by atoms with van der Waals surface area (Å²) in [6.07, 6.45) is 2.96. The lowest BCUT2D eigenvalue weighted by Gasteiger charge is -2.65. The van der Waals surface area contributed by atoms with Gasteiger partial charge in [-0.2, -0.15) is 4.98 Å². The predicted molar refractivity (Wildman–Crippen MR) is 141 cm³/mol. The zero-order valence-corrected chi connectivity index (χ0v) is 21.6. The molecule has 0 saturated carbocycles. The third-order valence-corrected chi connectivity index (χ3v) is 7.85. The molecule has 0 bridgehead atoms. The monoisotopic (exact) mass is 475 g/mol. The van der Waals surface area contributed by atoms with Gasteiger partial charge < -0.3 is 20.3 Å². The second-order valence-corrected chi connectivity index (χ2v) is 11.7. The molecule has 1 aromatic carbocycles. The number of nitrogens with one attached hydrogen (secondary N) is 1. The van der Waals surface area contributed by atoms with Crippen LogP contribution >= 0.6 is 0 Å². The van der Waals surface area contributed by atoms with Crippen LogP contribution in [-0.2, 0) is 17.7 Å². The molecule has 2 aromatic heterocycles. The van der Waals surface area contributed by atoms with Crippen LogP contribution in [0.1, 0.15) is 57.4 Å². The number of ether oxygens (including phenoxy) is 1. The summed E-state index contributed by atoms with van der Waals surface area (Å²) in [5, 5.41) is 3.38. The molecular weight excluding hydrogens is 436 g/mol. The number of nitrogen functional groups attached to an aromatic ring is 1. The molecule has 2 fully saturated rings. The number of nitrogens with zero attached hydrogens (tertiary/aromatic N) is 4. The van der Waals surface area contributed by atoms with Crippen LogP contribution < -0.4 is 11.1 Å². The molecule has 2 saturated heterocycles. The second kappa shape index (κ2) is 9.03. The minimum Gasteiger partial charge on any atom is -0.379 e. The first-order chi connectivity index (χ1) is 16.7. The molecule has 4 heterocycles. The fourth-order valence-electron chi connectivity index (χ4n) is 5.63. The fraction of sp³-hybridized carbons (Fsp3) is 0.536. The number of benzene rings is 1. The summed E-state index contributed by atoms with van der Waals surface area (Å²) in [7, 11) is 0. The smallest absolute Gasteiger partial charge is 0.222 e. The summed E-state index contributed by atoms with van der Waals surface area (Å²) in [4.78, 5) is 13.7. The number of pyridine rings is 1. The van der Waals surface area contributed by atoms with E-state index in [1.54, 1.807) is 0 Å². The SMILES string of the molecule is CCCCNc1nc(N)nc2ccc(Cc3ccc(C[N+]4(C(C)(C)C)CC5(COC5)C4)cc3)nc12. The highest BCUT2D eigenvalue weighted by molar-refractivity contribution is 5.86. The zero-order chi connectivity index (χ0) is 24.7. The van der Waals surface area contributed by atoms with Crippen molar-refractivity contribution in [2.24, 2.45) is 5.41 Å². The molecule has 35 heavy (non-hydrogen) atoms. The molecule has 1 spiro atoms. The molecule has 186 valence electrons. The first kappa shape index (κ1) is 23.9. The van der Waals surface area contributed by atoms with Crippen LogP contribution in [0.15, 0.2) is 36.4 Å². The summed E-state index contributed by atoms with van der Waals surface area (Å²) >= 11 is 0. The Morgan fingerprint density at radius 3 is 2.34 bits per heavy atom. The van der Waals surface area contributed by atoms with E-state index in [2.05, 4.69) is 67.2 Å². The van der Waals surface area contributed by atoms with Gasteiger partial charge in [-0.05, 0) is 44.9 Å². The number of nitrogens with two attached hydrogens (primary N) is 1. The maximum Gasteiger partial charge on any atom is 0.222 e. The lowest BCUT2D eigenvalue weighted by Crippen LogP contribution is -2.80. The molecular formula is C28H39N6O+. The largest absolute Gasteiger partial charge is 0.379 e. The maximum absolute atomic E-state index is 5.92. The molecule has 2 aliphatic rings. The second-order valence-electron chi connectivity index (χ2n) is 11.7. The Hall–Kier alpha value is -2.77. The van der Waals surface area contributed by atoms with Crippen molar-refractivity contribution < 1.29 is 9.22 Å². The van der Waals surface area contributed by atoms with E-state index in [-0.39, 0.29) is 11.5 Å². The lowest BCUT2D eigenvalue weighted by molar-refractivity contribution is -1.04. The summed E-state index contributed by atoms with van der Waals surface area (Å²) in [6, 6.07) is 13.1. The molecule has 3 N–H and O–H groups in total. The van der Waals surface area contributed by atoms with E-state index in [1.807, 2.05) is 12.1 Å². The molecule has 3 aromatic rings. The molecule has 0 radical (unpaired) electrons. The van der Waals surface area contributed by atoms with Gasteiger partial charge in [0.25, 0.3) is 0 Å². The quantitative estimate of drug-likeness (QED) is 0.367. The van der Waals surface area contributed by atoms with Gasteiger partial charge in [0.2, 0.25) is 5.95 Å². The maximum atomic E-state index is 5.92. The molecule has 0 amide bonds. The van der Waals surface area contributed by atoms with Crippen LogP contribution in [0.4, 0.5) is 11.8 Å². The van der Waals surface area contributed by atoms with Crippen LogP contribution in [0.2, 0.25) is 0 Å². The number of anilines is 2. The Morgan fingerprint density at radius 2 is 1.71 bits per heavy atom. The Labute approximate surface area is 208 Å². The van der Waals surface area contributed by atoms with Crippen molar-refractivity contribution in [3.8, 4) is 0 Å². The number of quaternary nitrogens is 1. The highest BCUT2D eigenvalue weighted by Crippen LogP contribution is 2.49. The number of fused-ring (bicyclic) bond motifs is 1. The zero-order valence-electron chi connectivity index (χ0n) is 21.6. The fourth-order valence-corrected chi connectivity index (χ4v) is 5.63. The van der Waals surface area contributed by atoms with Crippen molar-refractivity contribution in [2.75, 3.05) is 43.9 Å². The van der Waals surface area contributed by atoms with Crippen molar-refractivity contribution in [3.05, 3.63) is 53.2 Å². The van der Waals surface area contributed by atoms with Gasteiger partial charge in [-0.3, -0.25) is 0 Å². The van der Waals surface area contributed by atoms with Gasteiger partial charge in [-0.25, -0.2) is 9.97 Å². The molecule has 0 aliphatic carbocycles. The highest BCUT2D eigenvalue weighted by atomic mass is 16.5. The molecule has 7 heteroatoms. The Bertz CT molecular complexity index is 1190. The van der Waals surface area contributed by atoms with Gasteiger partial charge in [0.15, 0.2) is 5.82 Å². The first-order valence-corrected chi connectivity index (χ1v) is 12.9. The Balaban J connectivity index is 1.30. The van der Waals surface area contributed by atoms with Crippen LogP contribution in [-0.4, -0.2) is 57.8 Å². The standard InChI is InChI=1S/C28H39N6O/c1-5-6-13-30-25-24-23(32-26(29)33-25)12-11-22(31-24)14-20-7-9-21(10-8-20)15-34(27(2,3)4)16-28(17-34)18-35-19-28/h7-12H,5-6,13-19H2,1-4H3,(H3,29,30,32,33)/q+1. The summed E-state index contributed by atoms with van der Waals surface area (Å²) in [5.41, 5.74) is 11.8. The third kappa shape index (κ3) is 4.71. The molecule has 5 rings (SSSR count). The summed E-state index contributed by atoms with van der Waals surface area (Å²) in [5.74, 6) is 0.994. The number of likely N-dealkylation sites (tertiary alicyclic amines) is 1. The van der Waals surface area contributed by atoms with E-state index >= 15 is 0 Å². The van der Waals surface area contributed by atoms with E-state index < -0.39 is 0 Å². The number of unbranched alkanes of at least 4 members (excludes halogenated alkanes) is 1. The van der Waals surface area contributed by atoms with Crippen LogP contribution in [0.25, 0.3) is 11.0 Å². The average molecular weight is 476 g/mol. The molecule has 0 unspecified atom stereocenters. The number of rotatable bonds is 8.